The van der Waals surface area contributed by atoms with E-state index in [1.807, 2.05) is 43.1 Å². The lowest BCUT2D eigenvalue weighted by Gasteiger charge is -2.13. The highest BCUT2D eigenvalue weighted by atomic mass is 16.1. The summed E-state index contributed by atoms with van der Waals surface area (Å²) in [7, 11) is 1.85. The molecule has 3 heteroatoms. The summed E-state index contributed by atoms with van der Waals surface area (Å²) in [5, 5.41) is 8.44. The van der Waals surface area contributed by atoms with Crippen molar-refractivity contribution in [2.75, 3.05) is 20.1 Å². The van der Waals surface area contributed by atoms with Crippen LogP contribution in [0.25, 0.3) is 0 Å². The number of hydrogen-bond acceptors (Lipinski definition) is 3. The minimum Gasteiger partial charge on any atom is -0.298 e. The zero-order chi connectivity index (χ0) is 12.0. The van der Waals surface area contributed by atoms with E-state index >= 15 is 0 Å². The summed E-state index contributed by atoms with van der Waals surface area (Å²) in [6.45, 7) is 2.97. The second kappa shape index (κ2) is 6.04. The minimum absolute atomic E-state index is 0.101. The third kappa shape index (κ3) is 3.84. The zero-order valence-electron chi connectivity index (χ0n) is 9.73. The van der Waals surface area contributed by atoms with E-state index in [-0.39, 0.29) is 5.78 Å². The van der Waals surface area contributed by atoms with E-state index in [2.05, 4.69) is 6.07 Å². The number of benzene rings is 1. The van der Waals surface area contributed by atoms with Crippen LogP contribution in [-0.2, 0) is 0 Å². The molecule has 0 fully saturated rings. The van der Waals surface area contributed by atoms with Gasteiger partial charge >= 0.3 is 0 Å². The molecule has 0 heterocycles. The molecule has 0 aromatic heterocycles. The quantitative estimate of drug-likeness (QED) is 0.707. The lowest BCUT2D eigenvalue weighted by Crippen LogP contribution is -2.26. The smallest absolute Gasteiger partial charge is 0.176 e. The van der Waals surface area contributed by atoms with Crippen LogP contribution in [0.4, 0.5) is 0 Å². The van der Waals surface area contributed by atoms with E-state index in [1.54, 1.807) is 0 Å². The Labute approximate surface area is 96.3 Å². The lowest BCUT2D eigenvalue weighted by atomic mass is 10.1. The number of nitrogens with zero attached hydrogens (tertiary/aromatic N) is 2. The van der Waals surface area contributed by atoms with Crippen molar-refractivity contribution in [2.45, 2.75) is 13.3 Å². The predicted molar refractivity (Wildman–Crippen MR) is 63.2 cm³/mol. The minimum atomic E-state index is 0.101. The summed E-state index contributed by atoms with van der Waals surface area (Å²) in [5.41, 5.74) is 1.83. The van der Waals surface area contributed by atoms with Crippen LogP contribution in [0, 0.1) is 18.3 Å². The van der Waals surface area contributed by atoms with Crippen molar-refractivity contribution in [3.05, 3.63) is 35.4 Å². The molecule has 0 atom stereocenters. The topological polar surface area (TPSA) is 44.1 Å². The fourth-order valence-corrected chi connectivity index (χ4v) is 1.47. The molecule has 0 aliphatic carbocycles. The molecule has 0 saturated heterocycles. The molecule has 1 aromatic carbocycles. The first-order valence-electron chi connectivity index (χ1n) is 5.29. The number of rotatable bonds is 5. The van der Waals surface area contributed by atoms with Crippen molar-refractivity contribution in [1.29, 1.82) is 5.26 Å². The van der Waals surface area contributed by atoms with Gasteiger partial charge in [-0.05, 0) is 20.0 Å². The van der Waals surface area contributed by atoms with Crippen molar-refractivity contribution < 1.29 is 4.79 Å². The monoisotopic (exact) mass is 216 g/mol. The molecule has 0 unspecified atom stereocenters. The molecule has 1 rings (SSSR count). The maximum absolute atomic E-state index is 11.8. The number of aryl methyl sites for hydroxylation is 1. The van der Waals surface area contributed by atoms with Crippen molar-refractivity contribution in [3.8, 4) is 6.07 Å². The second-order valence-corrected chi connectivity index (χ2v) is 3.94. The summed E-state index contributed by atoms with van der Waals surface area (Å²) in [6.07, 6.45) is 0.456. The number of nitriles is 1. The molecular weight excluding hydrogens is 200 g/mol. The second-order valence-electron chi connectivity index (χ2n) is 3.94. The van der Waals surface area contributed by atoms with Crippen LogP contribution >= 0.6 is 0 Å². The van der Waals surface area contributed by atoms with Crippen molar-refractivity contribution in [2.24, 2.45) is 0 Å². The first-order valence-corrected chi connectivity index (χ1v) is 5.29. The number of carbonyl (C=O) groups is 1. The summed E-state index contributed by atoms with van der Waals surface area (Å²) in [6, 6.07) is 9.64. The van der Waals surface area contributed by atoms with Gasteiger partial charge in [-0.1, -0.05) is 23.8 Å². The average Bonchev–Trinajstić information content (AvgIpc) is 2.26. The first kappa shape index (κ1) is 12.4. The van der Waals surface area contributed by atoms with Gasteiger partial charge in [0.25, 0.3) is 0 Å². The molecule has 16 heavy (non-hydrogen) atoms. The molecule has 0 bridgehead atoms. The fraction of sp³-hybridized carbons (Fsp3) is 0.385. The van der Waals surface area contributed by atoms with Crippen LogP contribution in [0.5, 0.6) is 0 Å². The molecular formula is C13H16N2O. The molecule has 84 valence electrons. The van der Waals surface area contributed by atoms with Gasteiger partial charge in [0.05, 0.1) is 12.6 Å². The molecule has 3 nitrogen and oxygen atoms in total. The van der Waals surface area contributed by atoms with Gasteiger partial charge in [0.15, 0.2) is 5.78 Å². The molecule has 0 radical (unpaired) electrons. The van der Waals surface area contributed by atoms with Gasteiger partial charge in [-0.15, -0.1) is 0 Å². The predicted octanol–water partition coefficient (Wildman–Crippen LogP) is 2.02. The number of hydrogen-bond donors (Lipinski definition) is 0. The normalized spacial score (nSPS) is 10.1. The number of carbonyl (C=O) groups excluding carboxylic acids is 1. The highest BCUT2D eigenvalue weighted by Gasteiger charge is 2.08. The summed E-state index contributed by atoms with van der Waals surface area (Å²) in [5.74, 6) is 0.101. The Morgan fingerprint density at radius 1 is 1.50 bits per heavy atom. The largest absolute Gasteiger partial charge is 0.298 e. The van der Waals surface area contributed by atoms with Gasteiger partial charge in [0.1, 0.15) is 0 Å². The Kier molecular flexibility index (Phi) is 4.68. The van der Waals surface area contributed by atoms with Crippen LogP contribution in [0.1, 0.15) is 22.3 Å². The summed E-state index contributed by atoms with van der Waals surface area (Å²) >= 11 is 0. The third-order valence-corrected chi connectivity index (χ3v) is 2.36. The SMILES string of the molecule is Cc1cccc(C(=O)CN(C)CCC#N)c1. The fourth-order valence-electron chi connectivity index (χ4n) is 1.47. The van der Waals surface area contributed by atoms with E-state index in [9.17, 15) is 4.79 Å². The molecule has 0 aliphatic rings. The highest BCUT2D eigenvalue weighted by molar-refractivity contribution is 5.97. The standard InChI is InChI=1S/C13H16N2O/c1-11-5-3-6-12(9-11)13(16)10-15(2)8-4-7-14/h3,5-6,9H,4,8,10H2,1-2H3. The summed E-state index contributed by atoms with van der Waals surface area (Å²) in [4.78, 5) is 13.7. The van der Waals surface area contributed by atoms with E-state index in [0.717, 1.165) is 11.1 Å². The van der Waals surface area contributed by atoms with Crippen LogP contribution in [0.3, 0.4) is 0 Å². The number of ketones is 1. The Balaban J connectivity index is 2.56. The molecule has 0 aliphatic heterocycles. The number of Topliss-reactive ketones (excluding diaryl/α,β-unsaturated/α-hetero) is 1. The molecule has 0 saturated carbocycles. The number of likely N-dealkylation sites (N-methyl/N-ethyl adjacent to an activating group) is 1. The van der Waals surface area contributed by atoms with E-state index in [1.165, 1.54) is 0 Å². The summed E-state index contributed by atoms with van der Waals surface area (Å²) < 4.78 is 0. The van der Waals surface area contributed by atoms with Gasteiger partial charge in [0, 0.05) is 18.5 Å². The zero-order valence-corrected chi connectivity index (χ0v) is 9.73. The van der Waals surface area contributed by atoms with Crippen molar-refractivity contribution in [1.82, 2.24) is 4.90 Å². The Bertz CT molecular complexity index is 407. The molecule has 0 amide bonds. The van der Waals surface area contributed by atoms with Crippen LogP contribution in [0.2, 0.25) is 0 Å². The maximum atomic E-state index is 11.8. The molecule has 0 N–H and O–H groups in total. The van der Waals surface area contributed by atoms with Gasteiger partial charge in [-0.25, -0.2) is 0 Å². The van der Waals surface area contributed by atoms with E-state index < -0.39 is 0 Å². The van der Waals surface area contributed by atoms with Crippen molar-refractivity contribution in [3.63, 3.8) is 0 Å². The average molecular weight is 216 g/mol. The van der Waals surface area contributed by atoms with Gasteiger partial charge in [-0.3, -0.25) is 9.69 Å². The van der Waals surface area contributed by atoms with Gasteiger partial charge in [-0.2, -0.15) is 5.26 Å². The molecule has 0 spiro atoms. The van der Waals surface area contributed by atoms with Crippen LogP contribution in [0.15, 0.2) is 24.3 Å². The third-order valence-electron chi connectivity index (χ3n) is 2.36. The van der Waals surface area contributed by atoms with Gasteiger partial charge in [0.2, 0.25) is 0 Å². The van der Waals surface area contributed by atoms with E-state index in [0.29, 0.717) is 19.5 Å². The van der Waals surface area contributed by atoms with E-state index in [4.69, 9.17) is 5.26 Å². The van der Waals surface area contributed by atoms with Crippen LogP contribution < -0.4 is 0 Å². The van der Waals surface area contributed by atoms with Crippen LogP contribution in [-0.4, -0.2) is 30.8 Å². The lowest BCUT2D eigenvalue weighted by molar-refractivity contribution is 0.0947. The Hall–Kier alpha value is -1.66. The maximum Gasteiger partial charge on any atom is 0.176 e. The Morgan fingerprint density at radius 3 is 2.88 bits per heavy atom. The van der Waals surface area contributed by atoms with Gasteiger partial charge < -0.3 is 0 Å². The first-order chi connectivity index (χ1) is 7.63. The molecule has 1 aromatic rings. The van der Waals surface area contributed by atoms with Crippen molar-refractivity contribution >= 4 is 5.78 Å². The Morgan fingerprint density at radius 2 is 2.25 bits per heavy atom. The highest BCUT2D eigenvalue weighted by Crippen LogP contribution is 2.05.